The third kappa shape index (κ3) is 5.95. The first kappa shape index (κ1) is 26.1. The number of rotatable bonds is 8. The van der Waals surface area contributed by atoms with E-state index >= 15 is 0 Å². The summed E-state index contributed by atoms with van der Waals surface area (Å²) in [6.07, 6.45) is 1.58. The summed E-state index contributed by atoms with van der Waals surface area (Å²) < 4.78 is 34.1. The minimum atomic E-state index is -3.78. The summed E-state index contributed by atoms with van der Waals surface area (Å²) in [7, 11) is -3.78. The number of hydrogen-bond acceptors (Lipinski definition) is 6. The fraction of sp³-hybridized carbons (Fsp3) is 0.111. The molecule has 1 atom stereocenters. The zero-order valence-corrected chi connectivity index (χ0v) is 23.1. The van der Waals surface area contributed by atoms with Gasteiger partial charge in [0.05, 0.1) is 23.5 Å². The van der Waals surface area contributed by atoms with Crippen molar-refractivity contribution in [2.75, 3.05) is 15.8 Å². The van der Waals surface area contributed by atoms with E-state index in [1.54, 1.807) is 53.6 Å². The molecule has 8 nitrogen and oxygen atoms in total. The predicted molar refractivity (Wildman–Crippen MR) is 150 cm³/mol. The number of carbonyl (C=O) groups excluding carboxylic acids is 2. The molecule has 0 aliphatic carbocycles. The number of thioether (sulfide) groups is 1. The second-order valence-electron chi connectivity index (χ2n) is 8.48. The topological polar surface area (TPSA) is 109 Å². The molecule has 1 saturated heterocycles. The average Bonchev–Trinajstić information content (AvgIpc) is 3.56. The minimum absolute atomic E-state index is 0.0377. The Balaban J connectivity index is 1.22. The lowest BCUT2D eigenvalue weighted by Gasteiger charge is -2.23. The van der Waals surface area contributed by atoms with Crippen LogP contribution in [0.1, 0.15) is 27.1 Å². The Kier molecular flexibility index (Phi) is 7.59. The van der Waals surface area contributed by atoms with Gasteiger partial charge in [-0.2, -0.15) is 0 Å². The number of nitrogens with one attached hydrogen (secondary N) is 2. The van der Waals surface area contributed by atoms with E-state index in [2.05, 4.69) is 26.0 Å². The standard InChI is InChI=1S/C27H22BrN3O5S2/c28-20-7-9-22(10-8-20)30-38(34,35)24-13-11-21(12-14-24)29-26(33)18-3-5-19(6-4-18)27-31(25(32)17-37-27)16-23-2-1-15-36-23/h1-15,27,30H,16-17H2,(H,29,33)/t27-/m0/s1. The monoisotopic (exact) mass is 611 g/mol. The van der Waals surface area contributed by atoms with Gasteiger partial charge >= 0.3 is 0 Å². The van der Waals surface area contributed by atoms with Crippen molar-refractivity contribution in [2.24, 2.45) is 0 Å². The highest BCUT2D eigenvalue weighted by Crippen LogP contribution is 2.39. The van der Waals surface area contributed by atoms with Crippen LogP contribution in [0, 0.1) is 0 Å². The molecular formula is C27H22BrN3O5S2. The number of halogens is 1. The van der Waals surface area contributed by atoms with Crippen molar-refractivity contribution in [1.82, 2.24) is 4.90 Å². The molecule has 0 bridgehead atoms. The molecule has 0 unspecified atom stereocenters. The summed E-state index contributed by atoms with van der Waals surface area (Å²) in [5.74, 6) is 0.807. The van der Waals surface area contributed by atoms with Crippen LogP contribution in [0.5, 0.6) is 0 Å². The highest BCUT2D eigenvalue weighted by molar-refractivity contribution is 9.10. The van der Waals surface area contributed by atoms with Crippen molar-refractivity contribution in [3.8, 4) is 0 Å². The zero-order chi connectivity index (χ0) is 26.7. The second-order valence-corrected chi connectivity index (χ2v) is 12.1. The lowest BCUT2D eigenvalue weighted by molar-refractivity contribution is -0.128. The van der Waals surface area contributed by atoms with Crippen molar-refractivity contribution in [3.05, 3.63) is 113 Å². The van der Waals surface area contributed by atoms with E-state index in [4.69, 9.17) is 4.42 Å². The Morgan fingerprint density at radius 2 is 1.66 bits per heavy atom. The molecule has 38 heavy (non-hydrogen) atoms. The first-order valence-electron chi connectivity index (χ1n) is 11.5. The van der Waals surface area contributed by atoms with Gasteiger partial charge in [-0.3, -0.25) is 14.3 Å². The summed E-state index contributed by atoms with van der Waals surface area (Å²) >= 11 is 4.85. The molecule has 4 aromatic rings. The Labute approximate surface area is 232 Å². The predicted octanol–water partition coefficient (Wildman–Crippen LogP) is 5.87. The zero-order valence-electron chi connectivity index (χ0n) is 19.8. The van der Waals surface area contributed by atoms with Crippen LogP contribution in [0.25, 0.3) is 0 Å². The van der Waals surface area contributed by atoms with Crippen LogP contribution in [0.4, 0.5) is 11.4 Å². The average molecular weight is 613 g/mol. The number of benzene rings is 3. The van der Waals surface area contributed by atoms with Gasteiger partial charge in [0.15, 0.2) is 0 Å². The molecule has 0 radical (unpaired) electrons. The molecule has 0 spiro atoms. The Bertz CT molecular complexity index is 1540. The van der Waals surface area contributed by atoms with Gasteiger partial charge in [-0.1, -0.05) is 28.1 Å². The molecule has 5 rings (SSSR count). The largest absolute Gasteiger partial charge is 0.467 e. The molecule has 0 saturated carbocycles. The van der Waals surface area contributed by atoms with Crippen LogP contribution in [0.3, 0.4) is 0 Å². The van der Waals surface area contributed by atoms with E-state index in [1.165, 1.54) is 36.0 Å². The fourth-order valence-corrected chi connectivity index (χ4v) is 6.43. The van der Waals surface area contributed by atoms with Crippen LogP contribution >= 0.6 is 27.7 Å². The third-order valence-corrected chi connectivity index (χ3v) is 9.03. The quantitative estimate of drug-likeness (QED) is 0.258. The Morgan fingerprint density at radius 1 is 0.974 bits per heavy atom. The molecule has 1 aliphatic heterocycles. The molecule has 1 aromatic heterocycles. The van der Waals surface area contributed by atoms with Gasteiger partial charge in [-0.05, 0) is 78.4 Å². The van der Waals surface area contributed by atoms with Crippen molar-refractivity contribution in [2.45, 2.75) is 16.8 Å². The van der Waals surface area contributed by atoms with Gasteiger partial charge in [0.2, 0.25) is 5.91 Å². The van der Waals surface area contributed by atoms with Crippen LogP contribution in [-0.2, 0) is 21.4 Å². The normalized spacial score (nSPS) is 15.4. The summed E-state index contributed by atoms with van der Waals surface area (Å²) in [5, 5.41) is 2.62. The van der Waals surface area contributed by atoms with E-state index in [-0.39, 0.29) is 22.1 Å². The fourth-order valence-electron chi connectivity index (χ4n) is 3.92. The van der Waals surface area contributed by atoms with Crippen LogP contribution in [-0.4, -0.2) is 30.9 Å². The molecule has 1 fully saturated rings. The lowest BCUT2D eigenvalue weighted by Crippen LogP contribution is -2.27. The summed E-state index contributed by atoms with van der Waals surface area (Å²) in [6, 6.07) is 23.4. The molecule has 2 N–H and O–H groups in total. The van der Waals surface area contributed by atoms with E-state index < -0.39 is 10.0 Å². The number of amides is 2. The number of hydrogen-bond donors (Lipinski definition) is 2. The number of nitrogens with zero attached hydrogens (tertiary/aromatic N) is 1. The molecule has 194 valence electrons. The second kappa shape index (κ2) is 11.1. The first-order valence-corrected chi connectivity index (χ1v) is 14.8. The third-order valence-electron chi connectivity index (χ3n) is 5.85. The Morgan fingerprint density at radius 3 is 2.32 bits per heavy atom. The van der Waals surface area contributed by atoms with E-state index in [0.717, 1.165) is 10.0 Å². The van der Waals surface area contributed by atoms with E-state index in [1.807, 2.05) is 18.2 Å². The molecule has 11 heteroatoms. The van der Waals surface area contributed by atoms with Crippen molar-refractivity contribution in [3.63, 3.8) is 0 Å². The molecule has 2 amide bonds. The maximum Gasteiger partial charge on any atom is 0.261 e. The highest BCUT2D eigenvalue weighted by Gasteiger charge is 2.33. The smallest absolute Gasteiger partial charge is 0.261 e. The summed E-state index contributed by atoms with van der Waals surface area (Å²) in [5.41, 5.74) is 2.26. The van der Waals surface area contributed by atoms with Crippen LogP contribution in [0.2, 0.25) is 0 Å². The van der Waals surface area contributed by atoms with Crippen molar-refractivity contribution >= 4 is 60.9 Å². The van der Waals surface area contributed by atoms with Gasteiger partial charge in [0, 0.05) is 21.4 Å². The van der Waals surface area contributed by atoms with Crippen molar-refractivity contribution in [1.29, 1.82) is 0 Å². The maximum atomic E-state index is 12.8. The number of anilines is 2. The number of sulfonamides is 1. The number of carbonyl (C=O) groups is 2. The van der Waals surface area contributed by atoms with Gasteiger partial charge in [-0.15, -0.1) is 11.8 Å². The first-order chi connectivity index (χ1) is 18.3. The summed E-state index contributed by atoms with van der Waals surface area (Å²) in [4.78, 5) is 27.0. The number of furan rings is 1. The lowest BCUT2D eigenvalue weighted by atomic mass is 10.1. The molecule has 2 heterocycles. The molecule has 1 aliphatic rings. The SMILES string of the molecule is O=C(Nc1ccc(S(=O)(=O)Nc2ccc(Br)cc2)cc1)c1ccc([C@@H]2SCC(=O)N2Cc2ccco2)cc1. The Hall–Kier alpha value is -3.54. The van der Waals surface area contributed by atoms with Crippen LogP contribution in [0.15, 0.2) is 105 Å². The molecular weight excluding hydrogens is 590 g/mol. The van der Waals surface area contributed by atoms with Gasteiger partial charge in [0.1, 0.15) is 11.1 Å². The van der Waals surface area contributed by atoms with Gasteiger partial charge in [-0.25, -0.2) is 8.42 Å². The van der Waals surface area contributed by atoms with Gasteiger partial charge in [0.25, 0.3) is 15.9 Å². The molecule has 3 aromatic carbocycles. The van der Waals surface area contributed by atoms with Crippen molar-refractivity contribution < 1.29 is 22.4 Å². The van der Waals surface area contributed by atoms with Gasteiger partial charge < -0.3 is 14.6 Å². The highest BCUT2D eigenvalue weighted by atomic mass is 79.9. The minimum Gasteiger partial charge on any atom is -0.467 e. The van der Waals surface area contributed by atoms with Crippen LogP contribution < -0.4 is 10.0 Å². The maximum absolute atomic E-state index is 12.8. The summed E-state index contributed by atoms with van der Waals surface area (Å²) in [6.45, 7) is 0.385. The van der Waals surface area contributed by atoms with E-state index in [9.17, 15) is 18.0 Å². The van der Waals surface area contributed by atoms with E-state index in [0.29, 0.717) is 35.0 Å².